The number of hydrogen-bond acceptors (Lipinski definition) is 4. The monoisotopic (exact) mass is 271 g/mol. The largest absolute Gasteiger partial charge is 0.418 e. The first-order valence-electron chi connectivity index (χ1n) is 5.51. The van der Waals surface area contributed by atoms with Crippen molar-refractivity contribution in [1.29, 1.82) is 0 Å². The fourth-order valence-electron chi connectivity index (χ4n) is 1.58. The summed E-state index contributed by atoms with van der Waals surface area (Å²) in [5, 5.41) is 10.2. The summed E-state index contributed by atoms with van der Waals surface area (Å²) in [7, 11) is 0. The van der Waals surface area contributed by atoms with Gasteiger partial charge in [0.1, 0.15) is 0 Å². The molecule has 5 nitrogen and oxygen atoms in total. The zero-order chi connectivity index (χ0) is 13.9. The molecule has 0 aliphatic rings. The molecule has 1 aromatic heterocycles. The second-order valence-corrected chi connectivity index (χ2v) is 3.89. The third-order valence-electron chi connectivity index (χ3n) is 2.50. The van der Waals surface area contributed by atoms with Gasteiger partial charge < -0.3 is 11.1 Å². The summed E-state index contributed by atoms with van der Waals surface area (Å²) < 4.78 is 39.5. The van der Waals surface area contributed by atoms with Gasteiger partial charge in [-0.2, -0.15) is 13.2 Å². The summed E-state index contributed by atoms with van der Waals surface area (Å²) in [6.07, 6.45) is -1.25. The summed E-state index contributed by atoms with van der Waals surface area (Å²) in [4.78, 5) is 0. The second-order valence-electron chi connectivity index (χ2n) is 3.89. The minimum absolute atomic E-state index is 0.283. The maximum Gasteiger partial charge on any atom is 0.418 e. The highest BCUT2D eigenvalue weighted by atomic mass is 19.4. The molecule has 0 unspecified atom stereocenters. The van der Waals surface area contributed by atoms with E-state index >= 15 is 0 Å². The van der Waals surface area contributed by atoms with Crippen molar-refractivity contribution in [2.45, 2.75) is 12.7 Å². The quantitative estimate of drug-likeness (QED) is 0.834. The van der Waals surface area contributed by atoms with Crippen molar-refractivity contribution in [3.63, 3.8) is 0 Å². The average molecular weight is 271 g/mol. The number of hydrogen-bond donors (Lipinski definition) is 2. The number of alkyl halides is 3. The van der Waals surface area contributed by atoms with Crippen LogP contribution in [0, 0.1) is 0 Å². The van der Waals surface area contributed by atoms with Crippen LogP contribution in [-0.2, 0) is 12.7 Å². The van der Waals surface area contributed by atoms with Crippen LogP contribution in [0.5, 0.6) is 0 Å². The summed E-state index contributed by atoms with van der Waals surface area (Å²) in [5.41, 5.74) is 4.56. The Morgan fingerprint density at radius 2 is 2.11 bits per heavy atom. The van der Waals surface area contributed by atoms with E-state index in [1.165, 1.54) is 18.3 Å². The number of nitrogens with two attached hydrogens (primary N) is 1. The number of rotatable bonds is 4. The zero-order valence-electron chi connectivity index (χ0n) is 9.85. The number of nitrogens with zero attached hydrogens (tertiary/aromatic N) is 3. The Bertz CT molecular complexity index is 536. The van der Waals surface area contributed by atoms with Crippen molar-refractivity contribution in [3.05, 3.63) is 36.2 Å². The minimum atomic E-state index is -4.45. The first-order chi connectivity index (χ1) is 8.97. The van der Waals surface area contributed by atoms with Gasteiger partial charge in [0.05, 0.1) is 18.3 Å². The highest BCUT2D eigenvalue weighted by Gasteiger charge is 2.33. The number of nitrogen functional groups attached to an aromatic ring is 1. The van der Waals surface area contributed by atoms with Crippen molar-refractivity contribution < 1.29 is 13.2 Å². The Morgan fingerprint density at radius 1 is 1.32 bits per heavy atom. The van der Waals surface area contributed by atoms with Gasteiger partial charge >= 0.3 is 6.18 Å². The molecule has 0 saturated heterocycles. The Morgan fingerprint density at radius 3 is 2.74 bits per heavy atom. The third-order valence-corrected chi connectivity index (χ3v) is 2.50. The summed E-state index contributed by atoms with van der Waals surface area (Å²) in [6.45, 7) is 0.941. The third kappa shape index (κ3) is 3.36. The van der Waals surface area contributed by atoms with Crippen LogP contribution in [0.1, 0.15) is 5.56 Å². The lowest BCUT2D eigenvalue weighted by Crippen LogP contribution is -2.13. The molecule has 0 bridgehead atoms. The smallest absolute Gasteiger partial charge is 0.398 e. The van der Waals surface area contributed by atoms with Gasteiger partial charge in [-0.3, -0.25) is 4.68 Å². The molecule has 19 heavy (non-hydrogen) atoms. The van der Waals surface area contributed by atoms with E-state index in [0.717, 1.165) is 6.07 Å². The number of halogens is 3. The fourth-order valence-corrected chi connectivity index (χ4v) is 1.58. The average Bonchev–Trinajstić information content (AvgIpc) is 2.83. The van der Waals surface area contributed by atoms with E-state index < -0.39 is 11.7 Å². The number of anilines is 2. The fraction of sp³-hybridized carbons (Fsp3) is 0.273. The topological polar surface area (TPSA) is 68.8 Å². The molecule has 0 spiro atoms. The molecule has 0 aliphatic heterocycles. The molecule has 0 saturated carbocycles. The zero-order valence-corrected chi connectivity index (χ0v) is 9.85. The molecule has 1 heterocycles. The standard InChI is InChI=1S/C11H12F3N5/c12-11(13,14)9-7-8(1-2-10(9)15)16-3-5-19-6-4-17-18-19/h1-2,4,6-7,16H,3,5,15H2. The van der Waals surface area contributed by atoms with Crippen LogP contribution in [0.2, 0.25) is 0 Å². The number of benzene rings is 1. The highest BCUT2D eigenvalue weighted by Crippen LogP contribution is 2.34. The van der Waals surface area contributed by atoms with E-state index in [9.17, 15) is 13.2 Å². The van der Waals surface area contributed by atoms with Crippen LogP contribution in [-0.4, -0.2) is 21.5 Å². The molecule has 0 fully saturated rings. The molecule has 0 amide bonds. The van der Waals surface area contributed by atoms with Crippen LogP contribution in [0.25, 0.3) is 0 Å². The minimum Gasteiger partial charge on any atom is -0.398 e. The van der Waals surface area contributed by atoms with Crippen LogP contribution in [0.15, 0.2) is 30.6 Å². The van der Waals surface area contributed by atoms with Crippen molar-refractivity contribution in [2.24, 2.45) is 0 Å². The van der Waals surface area contributed by atoms with Crippen molar-refractivity contribution in [3.8, 4) is 0 Å². The van der Waals surface area contributed by atoms with Gasteiger partial charge in [0.2, 0.25) is 0 Å². The normalized spacial score (nSPS) is 11.5. The van der Waals surface area contributed by atoms with Crippen LogP contribution in [0.4, 0.5) is 24.5 Å². The lowest BCUT2D eigenvalue weighted by molar-refractivity contribution is -0.136. The first kappa shape index (κ1) is 13.2. The Hall–Kier alpha value is -2.25. The van der Waals surface area contributed by atoms with Gasteiger partial charge in [-0.25, -0.2) is 0 Å². The lowest BCUT2D eigenvalue weighted by atomic mass is 10.1. The van der Waals surface area contributed by atoms with Gasteiger partial charge in [-0.05, 0) is 18.2 Å². The predicted molar refractivity (Wildman–Crippen MR) is 64.4 cm³/mol. The molecule has 2 rings (SSSR count). The van der Waals surface area contributed by atoms with Crippen molar-refractivity contribution in [1.82, 2.24) is 15.0 Å². The van der Waals surface area contributed by atoms with Crippen molar-refractivity contribution in [2.75, 3.05) is 17.6 Å². The molecular formula is C11H12F3N5. The molecule has 3 N–H and O–H groups in total. The van der Waals surface area contributed by atoms with Crippen LogP contribution < -0.4 is 11.1 Å². The van der Waals surface area contributed by atoms with Crippen LogP contribution >= 0.6 is 0 Å². The van der Waals surface area contributed by atoms with E-state index in [-0.39, 0.29) is 5.69 Å². The summed E-state index contributed by atoms with van der Waals surface area (Å²) in [5.74, 6) is 0. The molecule has 0 aliphatic carbocycles. The molecule has 0 radical (unpaired) electrons. The van der Waals surface area contributed by atoms with E-state index in [4.69, 9.17) is 5.73 Å². The maximum absolute atomic E-state index is 12.6. The highest BCUT2D eigenvalue weighted by molar-refractivity contribution is 5.58. The Kier molecular flexibility index (Phi) is 3.59. The lowest BCUT2D eigenvalue weighted by Gasteiger charge is -2.13. The Labute approximate surface area is 107 Å². The molecule has 8 heteroatoms. The molecule has 2 aromatic rings. The number of aromatic nitrogens is 3. The molecule has 102 valence electrons. The summed E-state index contributed by atoms with van der Waals surface area (Å²) >= 11 is 0. The second kappa shape index (κ2) is 5.17. The van der Waals surface area contributed by atoms with Crippen LogP contribution in [0.3, 0.4) is 0 Å². The van der Waals surface area contributed by atoms with E-state index in [1.807, 2.05) is 0 Å². The molecular weight excluding hydrogens is 259 g/mol. The van der Waals surface area contributed by atoms with E-state index in [2.05, 4.69) is 15.6 Å². The van der Waals surface area contributed by atoms with Gasteiger partial charge in [-0.1, -0.05) is 5.21 Å². The maximum atomic E-state index is 12.6. The first-order valence-corrected chi connectivity index (χ1v) is 5.51. The van der Waals surface area contributed by atoms with Gasteiger partial charge in [0.15, 0.2) is 0 Å². The Balaban J connectivity index is 2.01. The van der Waals surface area contributed by atoms with Gasteiger partial charge in [-0.15, -0.1) is 5.10 Å². The van der Waals surface area contributed by atoms with Gasteiger partial charge in [0.25, 0.3) is 0 Å². The SMILES string of the molecule is Nc1ccc(NCCn2ccnn2)cc1C(F)(F)F. The summed E-state index contributed by atoms with van der Waals surface area (Å²) in [6, 6.07) is 3.74. The van der Waals surface area contributed by atoms with E-state index in [1.54, 1.807) is 10.9 Å². The molecule has 1 aromatic carbocycles. The number of nitrogens with one attached hydrogen (secondary N) is 1. The van der Waals surface area contributed by atoms with Gasteiger partial charge in [0, 0.05) is 24.1 Å². The van der Waals surface area contributed by atoms with E-state index in [0.29, 0.717) is 18.8 Å². The predicted octanol–water partition coefficient (Wildman–Crippen LogP) is 1.99. The molecule has 0 atom stereocenters. The van der Waals surface area contributed by atoms with Crippen molar-refractivity contribution >= 4 is 11.4 Å².